The molecule has 0 amide bonds. The van der Waals surface area contributed by atoms with Crippen molar-refractivity contribution in [3.8, 4) is 0 Å². The second-order valence-electron chi connectivity index (χ2n) is 5.60. The van der Waals surface area contributed by atoms with E-state index in [4.69, 9.17) is 0 Å². The zero-order valence-electron chi connectivity index (χ0n) is 12.7. The highest BCUT2D eigenvalue weighted by molar-refractivity contribution is 4.99. The van der Waals surface area contributed by atoms with Crippen LogP contribution in [0, 0.1) is 0 Å². The second kappa shape index (κ2) is 6.01. The fraction of sp³-hybridized carbons (Fsp3) is 0.857. The second-order valence-corrected chi connectivity index (χ2v) is 5.60. The average Bonchev–Trinajstić information content (AvgIpc) is 2.84. The van der Waals surface area contributed by atoms with Crippen molar-refractivity contribution in [2.24, 2.45) is 7.05 Å². The van der Waals surface area contributed by atoms with Crippen LogP contribution in [0.25, 0.3) is 0 Å². The Labute approximate surface area is 116 Å². The maximum Gasteiger partial charge on any atom is 0.140 e. The van der Waals surface area contributed by atoms with Crippen molar-refractivity contribution in [1.29, 1.82) is 0 Å². The summed E-state index contributed by atoms with van der Waals surface area (Å²) in [7, 11) is 1.97. The van der Waals surface area contributed by atoms with Crippen molar-refractivity contribution in [3.63, 3.8) is 0 Å². The van der Waals surface area contributed by atoms with Gasteiger partial charge in [-0.2, -0.15) is 5.10 Å². The van der Waals surface area contributed by atoms with Crippen LogP contribution in [0.3, 0.4) is 0 Å². The van der Waals surface area contributed by atoms with Gasteiger partial charge in [-0.05, 0) is 19.3 Å². The van der Waals surface area contributed by atoms with Crippen LogP contribution in [-0.4, -0.2) is 44.3 Å². The summed E-state index contributed by atoms with van der Waals surface area (Å²) in [5.74, 6) is 1.06. The van der Waals surface area contributed by atoms with Gasteiger partial charge in [-0.3, -0.25) is 9.58 Å². The van der Waals surface area contributed by atoms with E-state index in [0.29, 0.717) is 6.04 Å². The van der Waals surface area contributed by atoms with Gasteiger partial charge in [0.15, 0.2) is 0 Å². The predicted octanol–water partition coefficient (Wildman–Crippen LogP) is 1.56. The number of nitrogens with zero attached hydrogens (tertiary/aromatic N) is 4. The zero-order chi connectivity index (χ0) is 13.9. The highest BCUT2D eigenvalue weighted by Gasteiger charge is 2.38. The van der Waals surface area contributed by atoms with Gasteiger partial charge < -0.3 is 5.32 Å². The van der Waals surface area contributed by atoms with Crippen LogP contribution in [0.2, 0.25) is 0 Å². The fourth-order valence-corrected chi connectivity index (χ4v) is 3.06. The van der Waals surface area contributed by atoms with Crippen LogP contribution in [0.5, 0.6) is 0 Å². The van der Waals surface area contributed by atoms with E-state index >= 15 is 0 Å². The monoisotopic (exact) mass is 265 g/mol. The lowest BCUT2D eigenvalue weighted by molar-refractivity contribution is 0.0209. The molecule has 1 N–H and O–H groups in total. The molecule has 1 aromatic rings. The van der Waals surface area contributed by atoms with Gasteiger partial charge in [0.1, 0.15) is 12.2 Å². The van der Waals surface area contributed by atoms with Crippen LogP contribution in [-0.2, 0) is 13.6 Å². The summed E-state index contributed by atoms with van der Waals surface area (Å²) in [6, 6.07) is 0.597. The molecule has 5 nitrogen and oxygen atoms in total. The molecule has 2 rings (SSSR count). The van der Waals surface area contributed by atoms with Crippen LogP contribution in [0.1, 0.15) is 45.9 Å². The van der Waals surface area contributed by atoms with Crippen LogP contribution in [0.4, 0.5) is 0 Å². The minimum atomic E-state index is 0.262. The van der Waals surface area contributed by atoms with Gasteiger partial charge in [-0.25, -0.2) is 4.98 Å². The van der Waals surface area contributed by atoms with Crippen LogP contribution >= 0.6 is 0 Å². The van der Waals surface area contributed by atoms with Gasteiger partial charge in [0.25, 0.3) is 0 Å². The van der Waals surface area contributed by atoms with Crippen molar-refractivity contribution in [2.45, 2.75) is 58.2 Å². The van der Waals surface area contributed by atoms with Crippen molar-refractivity contribution >= 4 is 0 Å². The summed E-state index contributed by atoms with van der Waals surface area (Å²) in [4.78, 5) is 7.00. The molecule has 1 aliphatic rings. The molecule has 0 saturated carbocycles. The Hall–Kier alpha value is -0.940. The van der Waals surface area contributed by atoms with Gasteiger partial charge in [0, 0.05) is 31.7 Å². The van der Waals surface area contributed by atoms with E-state index in [0.717, 1.165) is 25.5 Å². The molecular formula is C14H27N5. The Kier molecular flexibility index (Phi) is 4.58. The molecule has 5 heteroatoms. The Morgan fingerprint density at radius 3 is 2.63 bits per heavy atom. The first-order chi connectivity index (χ1) is 9.15. The molecule has 1 atom stereocenters. The summed E-state index contributed by atoms with van der Waals surface area (Å²) >= 11 is 0. The molecule has 2 heterocycles. The van der Waals surface area contributed by atoms with E-state index < -0.39 is 0 Å². The number of aromatic nitrogens is 3. The minimum Gasteiger partial charge on any atom is -0.311 e. The Balaban J connectivity index is 2.18. The molecule has 1 saturated heterocycles. The van der Waals surface area contributed by atoms with Gasteiger partial charge in [0.05, 0.1) is 6.54 Å². The van der Waals surface area contributed by atoms with Crippen molar-refractivity contribution in [3.05, 3.63) is 12.2 Å². The van der Waals surface area contributed by atoms with Crippen molar-refractivity contribution in [1.82, 2.24) is 25.0 Å². The molecule has 1 fully saturated rings. The first kappa shape index (κ1) is 14.5. The predicted molar refractivity (Wildman–Crippen MR) is 76.8 cm³/mol. The molecule has 108 valence electrons. The Morgan fingerprint density at radius 2 is 2.11 bits per heavy atom. The average molecular weight is 265 g/mol. The van der Waals surface area contributed by atoms with Crippen LogP contribution in [0.15, 0.2) is 6.33 Å². The quantitative estimate of drug-likeness (QED) is 0.877. The third-order valence-electron chi connectivity index (χ3n) is 4.78. The summed E-state index contributed by atoms with van der Waals surface area (Å²) in [5.41, 5.74) is 0.262. The number of hydrogen-bond acceptors (Lipinski definition) is 4. The van der Waals surface area contributed by atoms with E-state index in [1.807, 2.05) is 11.7 Å². The summed E-state index contributed by atoms with van der Waals surface area (Å²) in [5, 5.41) is 7.89. The largest absolute Gasteiger partial charge is 0.311 e. The standard InChI is InChI=1S/C14H27N5/c1-5-12-8-19(9-13-16-11-17-18(13)4)14(6-2,7-3)10-15-12/h11-12,15H,5-10H2,1-4H3. The lowest BCUT2D eigenvalue weighted by Crippen LogP contribution is -2.63. The van der Waals surface area contributed by atoms with Crippen molar-refractivity contribution in [2.75, 3.05) is 13.1 Å². The van der Waals surface area contributed by atoms with Gasteiger partial charge >= 0.3 is 0 Å². The topological polar surface area (TPSA) is 46.0 Å². The molecule has 0 radical (unpaired) electrons. The first-order valence-corrected chi connectivity index (χ1v) is 7.46. The van der Waals surface area contributed by atoms with E-state index in [9.17, 15) is 0 Å². The molecule has 0 bridgehead atoms. The molecule has 1 unspecified atom stereocenters. The number of piperazine rings is 1. The number of rotatable bonds is 5. The summed E-state index contributed by atoms with van der Waals surface area (Å²) < 4.78 is 1.89. The lowest BCUT2D eigenvalue weighted by atomic mass is 9.87. The van der Waals surface area contributed by atoms with E-state index in [-0.39, 0.29) is 5.54 Å². The van der Waals surface area contributed by atoms with E-state index in [2.05, 4.69) is 41.1 Å². The smallest absolute Gasteiger partial charge is 0.140 e. The lowest BCUT2D eigenvalue weighted by Gasteiger charge is -2.49. The molecule has 19 heavy (non-hydrogen) atoms. The molecule has 0 spiro atoms. The van der Waals surface area contributed by atoms with Crippen LogP contribution < -0.4 is 5.32 Å². The third kappa shape index (κ3) is 2.82. The molecular weight excluding hydrogens is 238 g/mol. The minimum absolute atomic E-state index is 0.262. The van der Waals surface area contributed by atoms with Crippen molar-refractivity contribution < 1.29 is 0 Å². The number of hydrogen-bond donors (Lipinski definition) is 1. The fourth-order valence-electron chi connectivity index (χ4n) is 3.06. The van der Waals surface area contributed by atoms with Gasteiger partial charge in [-0.1, -0.05) is 20.8 Å². The zero-order valence-corrected chi connectivity index (χ0v) is 12.7. The Morgan fingerprint density at radius 1 is 1.37 bits per heavy atom. The molecule has 0 aromatic carbocycles. The van der Waals surface area contributed by atoms with Gasteiger partial charge in [-0.15, -0.1) is 0 Å². The summed E-state index contributed by atoms with van der Waals surface area (Å²) in [6.07, 6.45) is 5.17. The number of aryl methyl sites for hydroxylation is 1. The Bertz CT molecular complexity index is 396. The highest BCUT2D eigenvalue weighted by atomic mass is 15.4. The maximum atomic E-state index is 4.38. The molecule has 1 aliphatic heterocycles. The highest BCUT2D eigenvalue weighted by Crippen LogP contribution is 2.28. The number of nitrogens with one attached hydrogen (secondary N) is 1. The normalized spacial score (nSPS) is 23.7. The first-order valence-electron chi connectivity index (χ1n) is 7.46. The maximum absolute atomic E-state index is 4.38. The summed E-state index contributed by atoms with van der Waals surface area (Å²) in [6.45, 7) is 9.92. The van der Waals surface area contributed by atoms with E-state index in [1.54, 1.807) is 6.33 Å². The van der Waals surface area contributed by atoms with E-state index in [1.165, 1.54) is 19.3 Å². The molecule has 0 aliphatic carbocycles. The molecule has 1 aromatic heterocycles. The van der Waals surface area contributed by atoms with Gasteiger partial charge in [0.2, 0.25) is 0 Å². The third-order valence-corrected chi connectivity index (χ3v) is 4.78. The SMILES string of the molecule is CCC1CN(Cc2ncnn2C)C(CC)(CC)CN1.